The maximum atomic E-state index is 13.3. The summed E-state index contributed by atoms with van der Waals surface area (Å²) in [5.41, 5.74) is 3.62. The lowest BCUT2D eigenvalue weighted by molar-refractivity contribution is -0.131. The summed E-state index contributed by atoms with van der Waals surface area (Å²) in [4.78, 5) is 16.3. The zero-order chi connectivity index (χ0) is 21.9. The van der Waals surface area contributed by atoms with Gasteiger partial charge in [-0.1, -0.05) is 48.4 Å². The molecule has 1 saturated heterocycles. The number of thioether (sulfide) groups is 1. The van der Waals surface area contributed by atoms with Crippen molar-refractivity contribution in [2.45, 2.75) is 68.0 Å². The molecule has 162 valence electrons. The summed E-state index contributed by atoms with van der Waals surface area (Å²) in [6, 6.07) is 13.6. The molecular weight excluding hydrogens is 414 g/mol. The molecule has 1 amide bonds. The lowest BCUT2D eigenvalue weighted by Gasteiger charge is -2.28. The van der Waals surface area contributed by atoms with E-state index in [0.29, 0.717) is 16.2 Å². The van der Waals surface area contributed by atoms with E-state index in [1.807, 2.05) is 30.9 Å². The molecule has 6 heteroatoms. The van der Waals surface area contributed by atoms with Crippen LogP contribution < -0.4 is 0 Å². The molecule has 2 atom stereocenters. The van der Waals surface area contributed by atoms with E-state index < -0.39 is 9.84 Å². The molecule has 1 aliphatic heterocycles. The fourth-order valence-electron chi connectivity index (χ4n) is 4.24. The van der Waals surface area contributed by atoms with Gasteiger partial charge in [0.05, 0.1) is 21.9 Å². The molecule has 0 bridgehead atoms. The Morgan fingerprint density at radius 2 is 1.83 bits per heavy atom. The van der Waals surface area contributed by atoms with Crippen LogP contribution in [-0.4, -0.2) is 36.8 Å². The second-order valence-electron chi connectivity index (χ2n) is 8.14. The number of aryl methyl sites for hydroxylation is 2. The fraction of sp³-hybridized carbons (Fsp3) is 0.458. The van der Waals surface area contributed by atoms with Gasteiger partial charge in [-0.15, -0.1) is 11.8 Å². The quantitative estimate of drug-likeness (QED) is 0.541. The van der Waals surface area contributed by atoms with Gasteiger partial charge >= 0.3 is 0 Å². The predicted octanol–water partition coefficient (Wildman–Crippen LogP) is 5.33. The van der Waals surface area contributed by atoms with Gasteiger partial charge in [0.2, 0.25) is 5.91 Å². The highest BCUT2D eigenvalue weighted by Crippen LogP contribution is 2.37. The van der Waals surface area contributed by atoms with Crippen LogP contribution in [-0.2, 0) is 14.6 Å². The third kappa shape index (κ3) is 5.09. The number of likely N-dealkylation sites (tertiary alicyclic amines) is 1. The molecule has 30 heavy (non-hydrogen) atoms. The number of amides is 1. The number of rotatable bonds is 7. The Morgan fingerprint density at radius 1 is 1.17 bits per heavy atom. The lowest BCUT2D eigenvalue weighted by Crippen LogP contribution is -2.36. The maximum absolute atomic E-state index is 13.3. The van der Waals surface area contributed by atoms with Crippen LogP contribution in [0.25, 0.3) is 0 Å². The molecule has 2 aromatic carbocycles. The van der Waals surface area contributed by atoms with Gasteiger partial charge in [-0.25, -0.2) is 8.42 Å². The van der Waals surface area contributed by atoms with E-state index in [0.717, 1.165) is 19.4 Å². The molecule has 0 aromatic heterocycles. The van der Waals surface area contributed by atoms with E-state index >= 15 is 0 Å². The SMILES string of the molecule is CCCS(=O)(=O)c1ccccc1SC(C)C(=O)N1CCCC1c1cc(C)cc(C)c1. The average molecular weight is 446 g/mol. The lowest BCUT2D eigenvalue weighted by atomic mass is 9.99. The highest BCUT2D eigenvalue weighted by molar-refractivity contribution is 8.01. The Bertz CT molecular complexity index is 997. The Morgan fingerprint density at radius 3 is 2.50 bits per heavy atom. The molecule has 2 aromatic rings. The standard InChI is InChI=1S/C24H31NO3S2/c1-5-13-30(27,28)23-11-7-6-10-22(23)29-19(4)24(26)25-12-8-9-21(25)20-15-17(2)14-18(3)16-20/h6-7,10-11,14-16,19,21H,5,8-9,12-13H2,1-4H3. The van der Waals surface area contributed by atoms with Crippen molar-refractivity contribution < 1.29 is 13.2 Å². The second kappa shape index (κ2) is 9.56. The molecule has 1 fully saturated rings. The largest absolute Gasteiger partial charge is 0.335 e. The Kier molecular flexibility index (Phi) is 7.30. The van der Waals surface area contributed by atoms with E-state index in [2.05, 4.69) is 32.0 Å². The van der Waals surface area contributed by atoms with Crippen LogP contribution in [0.1, 0.15) is 55.8 Å². The Balaban J connectivity index is 1.81. The highest BCUT2D eigenvalue weighted by Gasteiger charge is 2.33. The summed E-state index contributed by atoms with van der Waals surface area (Å²) in [6.07, 6.45) is 2.52. The smallest absolute Gasteiger partial charge is 0.236 e. The Hall–Kier alpha value is -1.79. The number of carbonyl (C=O) groups is 1. The molecule has 1 aliphatic rings. The number of hydrogen-bond acceptors (Lipinski definition) is 4. The number of benzene rings is 2. The average Bonchev–Trinajstić information content (AvgIpc) is 3.16. The first-order valence-electron chi connectivity index (χ1n) is 10.6. The van der Waals surface area contributed by atoms with E-state index in [9.17, 15) is 13.2 Å². The molecule has 0 saturated carbocycles. The predicted molar refractivity (Wildman–Crippen MR) is 124 cm³/mol. The maximum Gasteiger partial charge on any atom is 0.236 e. The zero-order valence-electron chi connectivity index (χ0n) is 18.2. The first-order chi connectivity index (χ1) is 14.2. The van der Waals surface area contributed by atoms with Crippen LogP contribution >= 0.6 is 11.8 Å². The van der Waals surface area contributed by atoms with Crippen molar-refractivity contribution >= 4 is 27.5 Å². The molecule has 2 unspecified atom stereocenters. The van der Waals surface area contributed by atoms with Crippen molar-refractivity contribution in [2.24, 2.45) is 0 Å². The van der Waals surface area contributed by atoms with Crippen molar-refractivity contribution in [1.82, 2.24) is 4.90 Å². The zero-order valence-corrected chi connectivity index (χ0v) is 19.9. The monoisotopic (exact) mass is 445 g/mol. The van der Waals surface area contributed by atoms with E-state index in [1.165, 1.54) is 28.5 Å². The molecule has 4 nitrogen and oxygen atoms in total. The van der Waals surface area contributed by atoms with Crippen LogP contribution in [0.2, 0.25) is 0 Å². The van der Waals surface area contributed by atoms with Crippen LogP contribution in [0.4, 0.5) is 0 Å². The van der Waals surface area contributed by atoms with Gasteiger partial charge in [0, 0.05) is 11.4 Å². The molecule has 0 aliphatic carbocycles. The van der Waals surface area contributed by atoms with Crippen LogP contribution in [0.3, 0.4) is 0 Å². The van der Waals surface area contributed by atoms with E-state index in [1.54, 1.807) is 12.1 Å². The van der Waals surface area contributed by atoms with Crippen molar-refractivity contribution in [1.29, 1.82) is 0 Å². The van der Waals surface area contributed by atoms with Gasteiger partial charge in [-0.2, -0.15) is 0 Å². The van der Waals surface area contributed by atoms with Crippen molar-refractivity contribution in [3.05, 3.63) is 59.2 Å². The third-order valence-electron chi connectivity index (χ3n) is 5.47. The van der Waals surface area contributed by atoms with E-state index in [4.69, 9.17) is 0 Å². The topological polar surface area (TPSA) is 54.5 Å². The van der Waals surface area contributed by atoms with Crippen LogP contribution in [0.5, 0.6) is 0 Å². The fourth-order valence-corrected chi connectivity index (χ4v) is 7.14. The van der Waals surface area contributed by atoms with E-state index in [-0.39, 0.29) is 23.0 Å². The third-order valence-corrected chi connectivity index (χ3v) is 8.74. The second-order valence-corrected chi connectivity index (χ2v) is 11.6. The van der Waals surface area contributed by atoms with Crippen molar-refractivity contribution in [2.75, 3.05) is 12.3 Å². The number of sulfone groups is 1. The molecule has 0 N–H and O–H groups in total. The normalized spacial score (nSPS) is 17.9. The molecule has 1 heterocycles. The Labute approximate surface area is 185 Å². The first kappa shape index (κ1) is 22.9. The van der Waals surface area contributed by atoms with Crippen molar-refractivity contribution in [3.63, 3.8) is 0 Å². The number of nitrogens with zero attached hydrogens (tertiary/aromatic N) is 1. The van der Waals surface area contributed by atoms with Gasteiger partial charge in [-0.3, -0.25) is 4.79 Å². The molecule has 0 spiro atoms. The summed E-state index contributed by atoms with van der Waals surface area (Å²) >= 11 is 1.35. The summed E-state index contributed by atoms with van der Waals surface area (Å²) in [7, 11) is -3.34. The summed E-state index contributed by atoms with van der Waals surface area (Å²) in [5, 5.41) is -0.352. The van der Waals surface area contributed by atoms with Crippen LogP contribution in [0.15, 0.2) is 52.3 Å². The van der Waals surface area contributed by atoms with Gasteiger partial charge in [-0.05, 0) is 57.7 Å². The van der Waals surface area contributed by atoms with Gasteiger partial charge in [0.1, 0.15) is 0 Å². The van der Waals surface area contributed by atoms with Crippen LogP contribution in [0, 0.1) is 13.8 Å². The first-order valence-corrected chi connectivity index (χ1v) is 13.1. The summed E-state index contributed by atoms with van der Waals surface area (Å²) in [6.45, 7) is 8.66. The number of carbonyl (C=O) groups excluding carboxylic acids is 1. The molecular formula is C24H31NO3S2. The van der Waals surface area contributed by atoms with Crippen molar-refractivity contribution in [3.8, 4) is 0 Å². The summed E-state index contributed by atoms with van der Waals surface area (Å²) in [5.74, 6) is 0.192. The minimum Gasteiger partial charge on any atom is -0.335 e. The molecule has 0 radical (unpaired) electrons. The van der Waals surface area contributed by atoms with Gasteiger partial charge in [0.25, 0.3) is 0 Å². The van der Waals surface area contributed by atoms with Gasteiger partial charge < -0.3 is 4.90 Å². The minimum absolute atomic E-state index is 0.0735. The summed E-state index contributed by atoms with van der Waals surface area (Å²) < 4.78 is 25.3. The van der Waals surface area contributed by atoms with Gasteiger partial charge in [0.15, 0.2) is 9.84 Å². The highest BCUT2D eigenvalue weighted by atomic mass is 32.2. The minimum atomic E-state index is -3.34. The number of hydrogen-bond donors (Lipinski definition) is 0. The molecule has 3 rings (SSSR count).